The summed E-state index contributed by atoms with van der Waals surface area (Å²) in [7, 11) is 1.89. The van der Waals surface area contributed by atoms with Crippen LogP contribution in [0.5, 0.6) is 0 Å². The van der Waals surface area contributed by atoms with E-state index in [1.807, 2.05) is 31.5 Å². The molecule has 4 nitrogen and oxygen atoms in total. The average Bonchev–Trinajstić information content (AvgIpc) is 3.00. The number of hydrogen-bond acceptors (Lipinski definition) is 5. The molecule has 0 amide bonds. The Morgan fingerprint density at radius 1 is 1.39 bits per heavy atom. The van der Waals surface area contributed by atoms with Gasteiger partial charge in [0.15, 0.2) is 0 Å². The van der Waals surface area contributed by atoms with Crippen LogP contribution >= 0.6 is 11.5 Å². The molecule has 5 heteroatoms. The summed E-state index contributed by atoms with van der Waals surface area (Å²) in [6, 6.07) is 8.16. The minimum atomic E-state index is -0.0458. The van der Waals surface area contributed by atoms with Gasteiger partial charge in [0.25, 0.3) is 0 Å². The Morgan fingerprint density at radius 3 is 2.94 bits per heavy atom. The second-order valence-electron chi connectivity index (χ2n) is 4.19. The molecule has 1 aromatic carbocycles. The van der Waals surface area contributed by atoms with Crippen LogP contribution < -0.4 is 5.32 Å². The Kier molecular flexibility index (Phi) is 2.85. The molecule has 1 atom stereocenters. The normalized spacial score (nSPS) is 13.0. The molecular formula is C13H13N3OS. The van der Waals surface area contributed by atoms with E-state index in [-0.39, 0.29) is 6.04 Å². The van der Waals surface area contributed by atoms with E-state index in [9.17, 15) is 0 Å². The van der Waals surface area contributed by atoms with Gasteiger partial charge in [-0.1, -0.05) is 22.7 Å². The number of furan rings is 1. The van der Waals surface area contributed by atoms with Gasteiger partial charge in [0.2, 0.25) is 0 Å². The number of rotatable bonds is 3. The maximum atomic E-state index is 5.95. The first-order valence-corrected chi connectivity index (χ1v) is 6.56. The van der Waals surface area contributed by atoms with E-state index < -0.39 is 0 Å². The second-order valence-corrected chi connectivity index (χ2v) is 4.80. The lowest BCUT2D eigenvalue weighted by atomic mass is 10.1. The summed E-state index contributed by atoms with van der Waals surface area (Å²) in [5, 5.41) is 10.4. The van der Waals surface area contributed by atoms with Crippen molar-refractivity contribution in [2.75, 3.05) is 7.05 Å². The monoisotopic (exact) mass is 259 g/mol. The Bertz CT molecular complexity index is 660. The number of aryl methyl sites for hydroxylation is 1. The summed E-state index contributed by atoms with van der Waals surface area (Å²) >= 11 is 1.35. The zero-order valence-electron chi connectivity index (χ0n) is 10.2. The van der Waals surface area contributed by atoms with Crippen LogP contribution in [0.4, 0.5) is 0 Å². The maximum Gasteiger partial charge on any atom is 0.137 e. The van der Waals surface area contributed by atoms with Crippen LogP contribution in [0.25, 0.3) is 11.0 Å². The zero-order valence-corrected chi connectivity index (χ0v) is 11.0. The van der Waals surface area contributed by atoms with E-state index in [1.165, 1.54) is 11.5 Å². The highest BCUT2D eigenvalue weighted by atomic mass is 32.1. The Morgan fingerprint density at radius 2 is 2.28 bits per heavy atom. The number of fused-ring (bicyclic) bond motifs is 1. The van der Waals surface area contributed by atoms with Gasteiger partial charge in [-0.25, -0.2) is 0 Å². The first-order valence-electron chi connectivity index (χ1n) is 5.73. The largest absolute Gasteiger partial charge is 0.459 e. The van der Waals surface area contributed by atoms with Gasteiger partial charge in [0.05, 0.1) is 0 Å². The van der Waals surface area contributed by atoms with Gasteiger partial charge >= 0.3 is 0 Å². The molecule has 0 aliphatic rings. The quantitative estimate of drug-likeness (QED) is 0.785. The molecule has 0 radical (unpaired) electrons. The van der Waals surface area contributed by atoms with E-state index in [1.54, 1.807) is 0 Å². The van der Waals surface area contributed by atoms with Crippen molar-refractivity contribution in [1.82, 2.24) is 14.9 Å². The number of nitrogens with one attached hydrogen (secondary N) is 1. The van der Waals surface area contributed by atoms with Crippen molar-refractivity contribution in [2.24, 2.45) is 0 Å². The van der Waals surface area contributed by atoms with E-state index in [4.69, 9.17) is 4.42 Å². The molecule has 0 aliphatic heterocycles. The van der Waals surface area contributed by atoms with Gasteiger partial charge in [-0.3, -0.25) is 0 Å². The average molecular weight is 259 g/mol. The maximum absolute atomic E-state index is 5.95. The lowest BCUT2D eigenvalue weighted by Crippen LogP contribution is -2.17. The smallest absolute Gasteiger partial charge is 0.137 e. The lowest BCUT2D eigenvalue weighted by molar-refractivity contribution is 0.484. The molecule has 0 spiro atoms. The summed E-state index contributed by atoms with van der Waals surface area (Å²) in [6.07, 6.45) is 0. The number of nitrogens with zero attached hydrogens (tertiary/aromatic N) is 2. The van der Waals surface area contributed by atoms with Crippen LogP contribution in [0.1, 0.15) is 23.1 Å². The van der Waals surface area contributed by atoms with Gasteiger partial charge in [0.1, 0.15) is 23.1 Å². The van der Waals surface area contributed by atoms with Crippen molar-refractivity contribution in [1.29, 1.82) is 0 Å². The predicted molar refractivity (Wildman–Crippen MR) is 71.8 cm³/mol. The molecule has 0 saturated carbocycles. The van der Waals surface area contributed by atoms with Gasteiger partial charge in [0, 0.05) is 10.8 Å². The van der Waals surface area contributed by atoms with Crippen molar-refractivity contribution in [3.8, 4) is 0 Å². The summed E-state index contributed by atoms with van der Waals surface area (Å²) in [4.78, 5) is 0. The van der Waals surface area contributed by atoms with Gasteiger partial charge in [-0.05, 0) is 37.1 Å². The minimum Gasteiger partial charge on any atom is -0.459 e. The predicted octanol–water partition coefficient (Wildman–Crippen LogP) is 2.90. The summed E-state index contributed by atoms with van der Waals surface area (Å²) in [5.41, 5.74) is 2.97. The summed E-state index contributed by atoms with van der Waals surface area (Å²) in [5.74, 6) is 0.870. The molecule has 18 heavy (non-hydrogen) atoms. The topological polar surface area (TPSA) is 51.0 Å². The zero-order chi connectivity index (χ0) is 12.5. The highest BCUT2D eigenvalue weighted by Crippen LogP contribution is 2.29. The molecule has 1 N–H and O–H groups in total. The number of benzene rings is 1. The van der Waals surface area contributed by atoms with Gasteiger partial charge in [-0.2, -0.15) is 0 Å². The highest BCUT2D eigenvalue weighted by molar-refractivity contribution is 7.03. The van der Waals surface area contributed by atoms with E-state index >= 15 is 0 Å². The first-order chi connectivity index (χ1) is 8.79. The minimum absolute atomic E-state index is 0.0458. The van der Waals surface area contributed by atoms with E-state index in [0.717, 1.165) is 28.0 Å². The Labute approximate surface area is 109 Å². The summed E-state index contributed by atoms with van der Waals surface area (Å²) in [6.45, 7) is 2.05. The van der Waals surface area contributed by atoms with Crippen molar-refractivity contribution >= 4 is 22.5 Å². The van der Waals surface area contributed by atoms with Crippen molar-refractivity contribution in [3.05, 3.63) is 46.7 Å². The highest BCUT2D eigenvalue weighted by Gasteiger charge is 2.19. The Balaban J connectivity index is 2.11. The third-order valence-electron chi connectivity index (χ3n) is 3.01. The molecule has 3 aromatic rings. The number of hydrogen-bond donors (Lipinski definition) is 1. The third-order valence-corrected chi connectivity index (χ3v) is 3.53. The van der Waals surface area contributed by atoms with Crippen LogP contribution in [0.3, 0.4) is 0 Å². The van der Waals surface area contributed by atoms with Crippen LogP contribution in [-0.2, 0) is 0 Å². The molecule has 3 rings (SSSR count). The van der Waals surface area contributed by atoms with E-state index in [0.29, 0.717) is 0 Å². The number of para-hydroxylation sites is 1. The van der Waals surface area contributed by atoms with Crippen LogP contribution in [-0.4, -0.2) is 16.6 Å². The third kappa shape index (κ3) is 1.81. The molecule has 92 valence electrons. The first kappa shape index (κ1) is 11.4. The number of aromatic nitrogens is 2. The van der Waals surface area contributed by atoms with Crippen LogP contribution in [0, 0.1) is 6.92 Å². The molecule has 0 saturated heterocycles. The van der Waals surface area contributed by atoms with E-state index in [2.05, 4.69) is 27.0 Å². The van der Waals surface area contributed by atoms with Gasteiger partial charge < -0.3 is 9.73 Å². The fourth-order valence-electron chi connectivity index (χ4n) is 2.10. The van der Waals surface area contributed by atoms with Crippen LogP contribution in [0.2, 0.25) is 0 Å². The molecule has 0 fully saturated rings. The molecule has 1 unspecified atom stereocenters. The fraction of sp³-hybridized carbons (Fsp3) is 0.231. The SMILES string of the molecule is CNC(c1csnn1)c1cc2cccc(C)c2o1. The van der Waals surface area contributed by atoms with Crippen molar-refractivity contribution in [3.63, 3.8) is 0 Å². The summed E-state index contributed by atoms with van der Waals surface area (Å²) < 4.78 is 9.85. The molecule has 2 heterocycles. The van der Waals surface area contributed by atoms with Crippen molar-refractivity contribution < 1.29 is 4.42 Å². The van der Waals surface area contributed by atoms with Crippen LogP contribution in [0.15, 0.2) is 34.1 Å². The Hall–Kier alpha value is -1.72. The molecular weight excluding hydrogens is 246 g/mol. The fourth-order valence-corrected chi connectivity index (χ4v) is 2.58. The molecule has 0 bridgehead atoms. The second kappa shape index (κ2) is 4.51. The standard InChI is InChI=1S/C13H13N3OS/c1-8-4-3-5-9-6-11(17-13(8)9)12(14-2)10-7-18-16-15-10/h3-7,12,14H,1-2H3. The van der Waals surface area contributed by atoms with Gasteiger partial charge in [-0.15, -0.1) is 5.10 Å². The molecule has 0 aliphatic carbocycles. The van der Waals surface area contributed by atoms with Crippen molar-refractivity contribution in [2.45, 2.75) is 13.0 Å². The molecule has 2 aromatic heterocycles. The lowest BCUT2D eigenvalue weighted by Gasteiger charge is -2.09.